The molecule has 6 heteroatoms. The Balaban J connectivity index is 1.50. The number of halogens is 1. The van der Waals surface area contributed by atoms with E-state index in [1.54, 1.807) is 6.07 Å². The van der Waals surface area contributed by atoms with Gasteiger partial charge in [-0.15, -0.1) is 0 Å². The van der Waals surface area contributed by atoms with E-state index in [2.05, 4.69) is 5.32 Å². The van der Waals surface area contributed by atoms with Gasteiger partial charge in [-0.25, -0.2) is 9.18 Å². The summed E-state index contributed by atoms with van der Waals surface area (Å²) in [5, 5.41) is 12.1. The molecule has 0 spiro atoms. The number of nitrogens with zero attached hydrogens (tertiary/aromatic N) is 1. The summed E-state index contributed by atoms with van der Waals surface area (Å²) in [5.74, 6) is -1.27. The number of hydrogen-bond donors (Lipinski definition) is 2. The summed E-state index contributed by atoms with van der Waals surface area (Å²) >= 11 is 0. The second kappa shape index (κ2) is 7.85. The van der Waals surface area contributed by atoms with Gasteiger partial charge < -0.3 is 15.3 Å². The van der Waals surface area contributed by atoms with Gasteiger partial charge in [-0.2, -0.15) is 0 Å². The van der Waals surface area contributed by atoms with Crippen LogP contribution >= 0.6 is 0 Å². The highest BCUT2D eigenvalue weighted by Crippen LogP contribution is 2.28. The van der Waals surface area contributed by atoms with Crippen LogP contribution < -0.4 is 5.32 Å². The first kappa shape index (κ1) is 17.7. The highest BCUT2D eigenvalue weighted by Gasteiger charge is 2.34. The molecular weight excluding hydrogens is 323 g/mol. The van der Waals surface area contributed by atoms with Crippen LogP contribution in [0.3, 0.4) is 0 Å². The smallest absolute Gasteiger partial charge is 0.317 e. The number of amides is 2. The summed E-state index contributed by atoms with van der Waals surface area (Å²) in [6.45, 7) is 0.574. The quantitative estimate of drug-likeness (QED) is 0.829. The Morgan fingerprint density at radius 2 is 1.88 bits per heavy atom. The van der Waals surface area contributed by atoms with Crippen molar-refractivity contribution in [3.05, 3.63) is 35.6 Å². The van der Waals surface area contributed by atoms with Crippen LogP contribution in [0, 0.1) is 11.7 Å². The summed E-state index contributed by atoms with van der Waals surface area (Å²) in [7, 11) is 0. The zero-order valence-electron chi connectivity index (χ0n) is 14.3. The fourth-order valence-electron chi connectivity index (χ4n) is 3.52. The standard InChI is InChI=1S/C19H25FN2O3/c20-15-3-1-2-13(12-15)10-11-22(17-8-9-17)19(25)21-16-6-4-14(5-7-16)18(23)24/h1-3,12,14,16-17H,4-11H2,(H,21,25)(H,23,24). The minimum absolute atomic E-state index is 0.0542. The first-order chi connectivity index (χ1) is 12.0. The molecule has 0 heterocycles. The van der Waals surface area contributed by atoms with Crippen LogP contribution in [0.5, 0.6) is 0 Å². The van der Waals surface area contributed by atoms with E-state index in [0.29, 0.717) is 38.6 Å². The summed E-state index contributed by atoms with van der Waals surface area (Å²) in [6, 6.07) is 6.75. The van der Waals surface area contributed by atoms with E-state index >= 15 is 0 Å². The molecule has 2 aliphatic rings. The Bertz CT molecular complexity index is 625. The minimum atomic E-state index is -0.737. The third-order valence-electron chi connectivity index (χ3n) is 5.18. The van der Waals surface area contributed by atoms with Gasteiger partial charge in [0, 0.05) is 18.6 Å². The number of carbonyl (C=O) groups excluding carboxylic acids is 1. The molecule has 2 amide bonds. The van der Waals surface area contributed by atoms with E-state index in [9.17, 15) is 14.0 Å². The zero-order valence-corrected chi connectivity index (χ0v) is 14.3. The van der Waals surface area contributed by atoms with Crippen LogP contribution in [-0.4, -0.2) is 40.6 Å². The van der Waals surface area contributed by atoms with Gasteiger partial charge in [0.15, 0.2) is 0 Å². The van der Waals surface area contributed by atoms with Gasteiger partial charge in [0.2, 0.25) is 0 Å². The monoisotopic (exact) mass is 348 g/mol. The van der Waals surface area contributed by atoms with Crippen molar-refractivity contribution in [2.45, 2.75) is 57.0 Å². The highest BCUT2D eigenvalue weighted by atomic mass is 19.1. The molecule has 5 nitrogen and oxygen atoms in total. The first-order valence-corrected chi connectivity index (χ1v) is 9.07. The lowest BCUT2D eigenvalue weighted by Gasteiger charge is -2.30. The molecule has 1 aromatic carbocycles. The molecule has 0 aliphatic heterocycles. The lowest BCUT2D eigenvalue weighted by molar-refractivity contribution is -0.142. The maximum absolute atomic E-state index is 13.3. The van der Waals surface area contributed by atoms with Crippen molar-refractivity contribution in [1.29, 1.82) is 0 Å². The van der Waals surface area contributed by atoms with Crippen molar-refractivity contribution in [2.24, 2.45) is 5.92 Å². The predicted octanol–water partition coefficient (Wildman–Crippen LogP) is 3.19. The zero-order chi connectivity index (χ0) is 17.8. The van der Waals surface area contributed by atoms with Crippen LogP contribution in [0.15, 0.2) is 24.3 Å². The Kier molecular flexibility index (Phi) is 5.56. The average molecular weight is 348 g/mol. The van der Waals surface area contributed by atoms with Gasteiger partial charge in [-0.1, -0.05) is 12.1 Å². The summed E-state index contributed by atoms with van der Waals surface area (Å²) < 4.78 is 13.3. The minimum Gasteiger partial charge on any atom is -0.481 e. The maximum Gasteiger partial charge on any atom is 0.317 e. The lowest BCUT2D eigenvalue weighted by Crippen LogP contribution is -2.47. The van der Waals surface area contributed by atoms with Gasteiger partial charge in [0.1, 0.15) is 5.82 Å². The fourth-order valence-corrected chi connectivity index (χ4v) is 3.52. The molecule has 0 unspecified atom stereocenters. The van der Waals surface area contributed by atoms with E-state index in [0.717, 1.165) is 18.4 Å². The second-order valence-electron chi connectivity index (χ2n) is 7.14. The number of nitrogens with one attached hydrogen (secondary N) is 1. The number of carboxylic acid groups (broad SMARTS) is 1. The normalized spacial score (nSPS) is 23.1. The van der Waals surface area contributed by atoms with Crippen LogP contribution in [0.25, 0.3) is 0 Å². The molecular formula is C19H25FN2O3. The number of benzene rings is 1. The van der Waals surface area contributed by atoms with Crippen molar-refractivity contribution in [3.63, 3.8) is 0 Å². The fraction of sp³-hybridized carbons (Fsp3) is 0.579. The summed E-state index contributed by atoms with van der Waals surface area (Å²) in [4.78, 5) is 25.5. The molecule has 0 saturated heterocycles. The predicted molar refractivity (Wildman–Crippen MR) is 91.7 cm³/mol. The molecule has 0 aromatic heterocycles. The SMILES string of the molecule is O=C(O)C1CCC(NC(=O)N(CCc2cccc(F)c2)C2CC2)CC1. The van der Waals surface area contributed by atoms with Gasteiger partial charge in [0.25, 0.3) is 0 Å². The highest BCUT2D eigenvalue weighted by molar-refractivity contribution is 5.75. The van der Waals surface area contributed by atoms with Crippen LogP contribution in [0.2, 0.25) is 0 Å². The van der Waals surface area contributed by atoms with Gasteiger partial charge >= 0.3 is 12.0 Å². The Morgan fingerprint density at radius 1 is 1.16 bits per heavy atom. The van der Waals surface area contributed by atoms with E-state index in [-0.39, 0.29) is 29.8 Å². The van der Waals surface area contributed by atoms with Crippen LogP contribution in [-0.2, 0) is 11.2 Å². The third-order valence-corrected chi connectivity index (χ3v) is 5.18. The number of carbonyl (C=O) groups is 2. The molecule has 2 aliphatic carbocycles. The Labute approximate surface area is 147 Å². The topological polar surface area (TPSA) is 69.6 Å². The lowest BCUT2D eigenvalue weighted by atomic mass is 9.86. The van der Waals surface area contributed by atoms with Crippen molar-refractivity contribution >= 4 is 12.0 Å². The van der Waals surface area contributed by atoms with E-state index in [1.165, 1.54) is 12.1 Å². The largest absolute Gasteiger partial charge is 0.481 e. The maximum atomic E-state index is 13.3. The van der Waals surface area contributed by atoms with Crippen molar-refractivity contribution in [3.8, 4) is 0 Å². The van der Waals surface area contributed by atoms with Crippen LogP contribution in [0.1, 0.15) is 44.1 Å². The summed E-state index contributed by atoms with van der Waals surface area (Å²) in [6.07, 6.45) is 5.33. The van der Waals surface area contributed by atoms with E-state index in [4.69, 9.17) is 5.11 Å². The molecule has 1 aromatic rings. The first-order valence-electron chi connectivity index (χ1n) is 9.07. The molecule has 25 heavy (non-hydrogen) atoms. The van der Waals surface area contributed by atoms with Gasteiger partial charge in [0.05, 0.1) is 5.92 Å². The molecule has 2 saturated carbocycles. The van der Waals surface area contributed by atoms with E-state index < -0.39 is 5.97 Å². The number of rotatable bonds is 6. The second-order valence-corrected chi connectivity index (χ2v) is 7.14. The summed E-state index contributed by atoms with van der Waals surface area (Å²) in [5.41, 5.74) is 0.889. The number of aliphatic carboxylic acids is 1. The molecule has 136 valence electrons. The number of hydrogen-bond acceptors (Lipinski definition) is 2. The van der Waals surface area contributed by atoms with Crippen molar-refractivity contribution < 1.29 is 19.1 Å². The molecule has 3 rings (SSSR count). The Morgan fingerprint density at radius 3 is 2.48 bits per heavy atom. The molecule has 0 atom stereocenters. The van der Waals surface area contributed by atoms with Crippen molar-refractivity contribution in [2.75, 3.05) is 6.54 Å². The molecule has 2 N–H and O–H groups in total. The molecule has 2 fully saturated rings. The van der Waals surface area contributed by atoms with E-state index in [1.807, 2.05) is 11.0 Å². The van der Waals surface area contributed by atoms with Gasteiger partial charge in [-0.05, 0) is 62.6 Å². The van der Waals surface area contributed by atoms with Gasteiger partial charge in [-0.3, -0.25) is 4.79 Å². The average Bonchev–Trinajstić information content (AvgIpc) is 3.40. The van der Waals surface area contributed by atoms with Crippen molar-refractivity contribution in [1.82, 2.24) is 10.2 Å². The third kappa shape index (κ3) is 4.94. The molecule has 0 radical (unpaired) electrons. The number of carboxylic acids is 1. The number of urea groups is 1. The Hall–Kier alpha value is -2.11. The molecule has 0 bridgehead atoms. The van der Waals surface area contributed by atoms with Crippen LogP contribution in [0.4, 0.5) is 9.18 Å².